The molecule has 2 aromatic rings. The lowest BCUT2D eigenvalue weighted by molar-refractivity contribution is -0.121. The highest BCUT2D eigenvalue weighted by molar-refractivity contribution is 7.90. The van der Waals surface area contributed by atoms with E-state index in [1.165, 1.54) is 0 Å². The van der Waals surface area contributed by atoms with Crippen molar-refractivity contribution in [3.63, 3.8) is 0 Å². The van der Waals surface area contributed by atoms with E-state index in [0.29, 0.717) is 0 Å². The summed E-state index contributed by atoms with van der Waals surface area (Å²) in [4.78, 5) is 12.2. The van der Waals surface area contributed by atoms with E-state index in [4.69, 9.17) is 0 Å². The van der Waals surface area contributed by atoms with Gasteiger partial charge in [0.15, 0.2) is 0 Å². The maximum absolute atomic E-state index is 12.2. The van der Waals surface area contributed by atoms with Gasteiger partial charge in [-0.1, -0.05) is 60.7 Å². The van der Waals surface area contributed by atoms with Crippen LogP contribution < -0.4 is 5.32 Å². The summed E-state index contributed by atoms with van der Waals surface area (Å²) in [5, 5.41) is 2.69. The number of hydrogen-bond acceptors (Lipinski definition) is 3. The van der Waals surface area contributed by atoms with E-state index < -0.39 is 9.84 Å². The predicted octanol–water partition coefficient (Wildman–Crippen LogP) is 2.37. The van der Waals surface area contributed by atoms with Gasteiger partial charge in [-0.3, -0.25) is 4.79 Å². The van der Waals surface area contributed by atoms with Crippen molar-refractivity contribution in [1.82, 2.24) is 5.32 Å². The smallest absolute Gasteiger partial charge is 0.220 e. The maximum Gasteiger partial charge on any atom is 0.220 e. The van der Waals surface area contributed by atoms with Crippen LogP contribution in [0.1, 0.15) is 23.5 Å². The second-order valence-electron chi connectivity index (χ2n) is 5.56. The van der Waals surface area contributed by atoms with Gasteiger partial charge in [0.25, 0.3) is 0 Å². The minimum atomic E-state index is -3.07. The van der Waals surface area contributed by atoms with Crippen molar-refractivity contribution in [2.45, 2.75) is 12.3 Å². The molecule has 0 aliphatic heterocycles. The Kier molecular flexibility index (Phi) is 5.93. The van der Waals surface area contributed by atoms with E-state index in [0.717, 1.165) is 17.4 Å². The van der Waals surface area contributed by atoms with Crippen LogP contribution >= 0.6 is 0 Å². The molecule has 0 aliphatic rings. The Hall–Kier alpha value is -2.14. The molecular formula is C18H21NO3S. The molecule has 0 aliphatic carbocycles. The lowest BCUT2D eigenvalue weighted by Crippen LogP contribution is -2.30. The van der Waals surface area contributed by atoms with Crippen molar-refractivity contribution in [3.05, 3.63) is 71.8 Å². The molecular weight excluding hydrogens is 310 g/mol. The molecule has 0 aromatic heterocycles. The van der Waals surface area contributed by atoms with Crippen molar-refractivity contribution in [1.29, 1.82) is 0 Å². The first-order valence-electron chi connectivity index (χ1n) is 7.50. The zero-order valence-electron chi connectivity index (χ0n) is 13.1. The second-order valence-corrected chi connectivity index (χ2v) is 7.82. The SMILES string of the molecule is CS(=O)(=O)CCNC(=O)CC(c1ccccc1)c1ccccc1. The highest BCUT2D eigenvalue weighted by atomic mass is 32.2. The molecule has 0 saturated carbocycles. The van der Waals surface area contributed by atoms with Crippen LogP contribution in [0.5, 0.6) is 0 Å². The molecule has 0 fully saturated rings. The van der Waals surface area contributed by atoms with Gasteiger partial charge in [0.2, 0.25) is 5.91 Å². The number of rotatable bonds is 7. The molecule has 0 atom stereocenters. The average molecular weight is 331 g/mol. The van der Waals surface area contributed by atoms with Gasteiger partial charge in [-0.15, -0.1) is 0 Å². The fraction of sp³-hybridized carbons (Fsp3) is 0.278. The highest BCUT2D eigenvalue weighted by Crippen LogP contribution is 2.27. The van der Waals surface area contributed by atoms with E-state index in [-0.39, 0.29) is 30.5 Å². The standard InChI is InChI=1S/C18H21NO3S/c1-23(21,22)13-12-19-18(20)14-17(15-8-4-2-5-9-15)16-10-6-3-7-11-16/h2-11,17H,12-14H2,1H3,(H,19,20). The topological polar surface area (TPSA) is 63.2 Å². The maximum atomic E-state index is 12.2. The Morgan fingerprint density at radius 3 is 1.87 bits per heavy atom. The third kappa shape index (κ3) is 5.87. The molecule has 0 bridgehead atoms. The number of carbonyl (C=O) groups is 1. The zero-order valence-corrected chi connectivity index (χ0v) is 13.9. The first-order chi connectivity index (χ1) is 11.0. The minimum Gasteiger partial charge on any atom is -0.355 e. The lowest BCUT2D eigenvalue weighted by Gasteiger charge is -2.17. The van der Waals surface area contributed by atoms with E-state index >= 15 is 0 Å². The Bertz CT molecular complexity index is 688. The van der Waals surface area contributed by atoms with Crippen LogP contribution in [0.2, 0.25) is 0 Å². The van der Waals surface area contributed by atoms with Crippen molar-refractivity contribution >= 4 is 15.7 Å². The summed E-state index contributed by atoms with van der Waals surface area (Å²) < 4.78 is 22.3. The Labute approximate surface area is 137 Å². The van der Waals surface area contributed by atoms with Gasteiger partial charge in [0, 0.05) is 25.1 Å². The fourth-order valence-electron chi connectivity index (χ4n) is 2.43. The van der Waals surface area contributed by atoms with E-state index in [2.05, 4.69) is 5.32 Å². The predicted molar refractivity (Wildman–Crippen MR) is 92.1 cm³/mol. The van der Waals surface area contributed by atoms with Crippen LogP contribution in [0, 0.1) is 0 Å². The number of amides is 1. The van der Waals surface area contributed by atoms with Crippen LogP contribution in [0.3, 0.4) is 0 Å². The molecule has 4 nitrogen and oxygen atoms in total. The normalized spacial score (nSPS) is 11.4. The van der Waals surface area contributed by atoms with Gasteiger partial charge < -0.3 is 5.32 Å². The van der Waals surface area contributed by atoms with E-state index in [9.17, 15) is 13.2 Å². The summed E-state index contributed by atoms with van der Waals surface area (Å²) >= 11 is 0. The molecule has 122 valence electrons. The quantitative estimate of drug-likeness (QED) is 0.847. The molecule has 23 heavy (non-hydrogen) atoms. The summed E-state index contributed by atoms with van der Waals surface area (Å²) in [7, 11) is -3.07. The van der Waals surface area contributed by atoms with Crippen LogP contribution in [0.15, 0.2) is 60.7 Å². The number of benzene rings is 2. The Morgan fingerprint density at radius 2 is 1.43 bits per heavy atom. The average Bonchev–Trinajstić information content (AvgIpc) is 2.53. The van der Waals surface area contributed by atoms with Crippen LogP contribution in [0.4, 0.5) is 0 Å². The lowest BCUT2D eigenvalue weighted by atomic mass is 9.88. The molecule has 2 aromatic carbocycles. The van der Waals surface area contributed by atoms with Crippen LogP contribution in [0.25, 0.3) is 0 Å². The Balaban J connectivity index is 2.08. The van der Waals surface area contributed by atoms with Gasteiger partial charge in [-0.05, 0) is 11.1 Å². The van der Waals surface area contributed by atoms with Gasteiger partial charge in [0.1, 0.15) is 9.84 Å². The summed E-state index contributed by atoms with van der Waals surface area (Å²) in [5.41, 5.74) is 2.13. The van der Waals surface area contributed by atoms with Crippen molar-refractivity contribution in [2.75, 3.05) is 18.6 Å². The number of carbonyl (C=O) groups excluding carboxylic acids is 1. The summed E-state index contributed by atoms with van der Waals surface area (Å²) in [6.45, 7) is 0.147. The third-order valence-electron chi connectivity index (χ3n) is 3.59. The molecule has 1 amide bonds. The van der Waals surface area contributed by atoms with Gasteiger partial charge in [-0.2, -0.15) is 0 Å². The van der Waals surface area contributed by atoms with Gasteiger partial charge in [-0.25, -0.2) is 8.42 Å². The molecule has 0 saturated heterocycles. The van der Waals surface area contributed by atoms with E-state index in [1.54, 1.807) is 0 Å². The summed E-state index contributed by atoms with van der Waals surface area (Å²) in [5.74, 6) is -0.234. The largest absolute Gasteiger partial charge is 0.355 e. The number of sulfone groups is 1. The van der Waals surface area contributed by atoms with Crippen LogP contribution in [-0.4, -0.2) is 32.9 Å². The molecule has 0 spiro atoms. The summed E-state index contributed by atoms with van der Waals surface area (Å²) in [6.07, 6.45) is 1.45. The first-order valence-corrected chi connectivity index (χ1v) is 9.56. The zero-order chi connectivity index (χ0) is 16.7. The molecule has 0 heterocycles. The summed E-state index contributed by atoms with van der Waals surface area (Å²) in [6, 6.07) is 19.7. The fourth-order valence-corrected chi connectivity index (χ4v) is 2.91. The molecule has 0 radical (unpaired) electrons. The van der Waals surface area contributed by atoms with Gasteiger partial charge >= 0.3 is 0 Å². The first kappa shape index (κ1) is 17.2. The molecule has 5 heteroatoms. The van der Waals surface area contributed by atoms with Crippen molar-refractivity contribution < 1.29 is 13.2 Å². The molecule has 1 N–H and O–H groups in total. The number of nitrogens with one attached hydrogen (secondary N) is 1. The van der Waals surface area contributed by atoms with Gasteiger partial charge in [0.05, 0.1) is 5.75 Å². The van der Waals surface area contributed by atoms with Crippen LogP contribution in [-0.2, 0) is 14.6 Å². The Morgan fingerprint density at radius 1 is 0.957 bits per heavy atom. The molecule has 2 rings (SSSR count). The third-order valence-corrected chi connectivity index (χ3v) is 4.53. The highest BCUT2D eigenvalue weighted by Gasteiger charge is 2.18. The molecule has 0 unspecified atom stereocenters. The van der Waals surface area contributed by atoms with E-state index in [1.807, 2.05) is 60.7 Å². The monoisotopic (exact) mass is 331 g/mol. The van der Waals surface area contributed by atoms with Crippen molar-refractivity contribution in [2.24, 2.45) is 0 Å². The second kappa shape index (κ2) is 7.92. The minimum absolute atomic E-state index is 0.0416. The van der Waals surface area contributed by atoms with Crippen molar-refractivity contribution in [3.8, 4) is 0 Å². The number of hydrogen-bond donors (Lipinski definition) is 1.